The van der Waals surface area contributed by atoms with Crippen molar-refractivity contribution in [2.75, 3.05) is 0 Å². The Hall–Kier alpha value is -0.170. The average molecular weight is 210 g/mol. The second-order valence-corrected chi connectivity index (χ2v) is 2.78. The molecule has 1 rings (SSSR count). The molecule has 11 heavy (non-hydrogen) atoms. The van der Waals surface area contributed by atoms with E-state index >= 15 is 0 Å². The molecule has 0 aromatic heterocycles. The van der Waals surface area contributed by atoms with E-state index in [-0.39, 0.29) is 4.49 Å². The minimum atomic E-state index is 0.0895. The topological polar surface area (TPSA) is 0 Å². The van der Waals surface area contributed by atoms with Crippen LogP contribution >= 0.6 is 34.8 Å². The Bertz CT molecular complexity index is 163. The summed E-state index contributed by atoms with van der Waals surface area (Å²) in [5.41, 5.74) is 1.09. The molecular formula is C8H7Cl3. The van der Waals surface area contributed by atoms with Crippen molar-refractivity contribution in [3.05, 3.63) is 46.4 Å². The van der Waals surface area contributed by atoms with Crippen molar-refractivity contribution in [1.82, 2.24) is 0 Å². The van der Waals surface area contributed by atoms with E-state index in [1.807, 2.05) is 36.4 Å². The van der Waals surface area contributed by atoms with E-state index in [9.17, 15) is 0 Å². The zero-order valence-corrected chi connectivity index (χ0v) is 7.94. The van der Waals surface area contributed by atoms with Crippen LogP contribution in [0.3, 0.4) is 0 Å². The first kappa shape index (κ1) is 10.8. The van der Waals surface area contributed by atoms with Crippen LogP contribution in [0.2, 0.25) is 0 Å². The Labute approximate surface area is 81.4 Å². The summed E-state index contributed by atoms with van der Waals surface area (Å²) in [5, 5.41) is 0. The van der Waals surface area contributed by atoms with Crippen LogP contribution in [0.15, 0.2) is 46.4 Å². The lowest BCUT2D eigenvalue weighted by Gasteiger charge is -1.69. The van der Waals surface area contributed by atoms with Crippen LogP contribution in [-0.2, 0) is 0 Å². The van der Waals surface area contributed by atoms with Gasteiger partial charge in [-0.1, -0.05) is 71.2 Å². The standard InChI is InChI=1S/C6H6.C2HCl3/c1-2-4-6-5-3-1;3-1-2(4)5/h1-6H;1H. The largest absolute Gasteiger partial charge is 0.118 e. The van der Waals surface area contributed by atoms with Crippen molar-refractivity contribution in [2.45, 2.75) is 0 Å². The Morgan fingerprint density at radius 3 is 1.09 bits per heavy atom. The summed E-state index contributed by atoms with van der Waals surface area (Å²) in [5.74, 6) is 0. The van der Waals surface area contributed by atoms with Crippen LogP contribution in [0, 0.1) is 0 Å². The predicted octanol–water partition coefficient (Wildman–Crippen LogP) is 4.19. The third kappa shape index (κ3) is 9.83. The highest BCUT2D eigenvalue weighted by Crippen LogP contribution is 2.05. The van der Waals surface area contributed by atoms with Gasteiger partial charge in [-0.3, -0.25) is 0 Å². The van der Waals surface area contributed by atoms with Gasteiger partial charge < -0.3 is 0 Å². The monoisotopic (exact) mass is 208 g/mol. The first-order valence-corrected chi connectivity index (χ1v) is 4.08. The van der Waals surface area contributed by atoms with Crippen LogP contribution in [-0.4, -0.2) is 0 Å². The van der Waals surface area contributed by atoms with E-state index < -0.39 is 0 Å². The molecular weight excluding hydrogens is 202 g/mol. The van der Waals surface area contributed by atoms with Gasteiger partial charge in [-0.05, 0) is 0 Å². The smallest absolute Gasteiger partial charge is 0.0904 e. The lowest BCUT2D eigenvalue weighted by molar-refractivity contribution is 1.72. The molecule has 0 saturated carbocycles. The van der Waals surface area contributed by atoms with E-state index in [4.69, 9.17) is 34.8 Å². The molecule has 0 bridgehead atoms. The molecule has 0 N–H and O–H groups in total. The number of benzene rings is 1. The fourth-order valence-corrected chi connectivity index (χ4v) is 0.385. The highest BCUT2D eigenvalue weighted by Gasteiger charge is 1.70. The van der Waals surface area contributed by atoms with Gasteiger partial charge >= 0.3 is 0 Å². The van der Waals surface area contributed by atoms with Crippen molar-refractivity contribution in [1.29, 1.82) is 0 Å². The third-order valence-electron chi connectivity index (χ3n) is 0.749. The fraction of sp³-hybridized carbons (Fsp3) is 0. The average Bonchev–Trinajstić information content (AvgIpc) is 2.09. The van der Waals surface area contributed by atoms with Crippen molar-refractivity contribution >= 4 is 34.8 Å². The molecule has 0 aliphatic rings. The van der Waals surface area contributed by atoms with E-state index in [1.165, 1.54) is 0 Å². The molecule has 0 saturated heterocycles. The van der Waals surface area contributed by atoms with E-state index in [1.54, 1.807) is 0 Å². The van der Waals surface area contributed by atoms with Crippen molar-refractivity contribution in [3.8, 4) is 0 Å². The molecule has 1 aromatic rings. The highest BCUT2D eigenvalue weighted by atomic mass is 35.5. The number of hydrogen-bond donors (Lipinski definition) is 0. The van der Waals surface area contributed by atoms with Crippen molar-refractivity contribution in [3.63, 3.8) is 0 Å². The second-order valence-electron chi connectivity index (χ2n) is 1.55. The van der Waals surface area contributed by atoms with E-state index in [0.29, 0.717) is 0 Å². The van der Waals surface area contributed by atoms with Crippen LogP contribution in [0.5, 0.6) is 0 Å². The number of halogens is 3. The zero-order chi connectivity index (χ0) is 8.53. The third-order valence-corrected chi connectivity index (χ3v) is 1.41. The van der Waals surface area contributed by atoms with Gasteiger partial charge in [0.15, 0.2) is 0 Å². The quantitative estimate of drug-likeness (QED) is 0.601. The van der Waals surface area contributed by atoms with Gasteiger partial charge in [0.25, 0.3) is 0 Å². The Morgan fingerprint density at radius 2 is 1.00 bits per heavy atom. The lowest BCUT2D eigenvalue weighted by Crippen LogP contribution is -1.47. The van der Waals surface area contributed by atoms with Gasteiger partial charge in [0.1, 0.15) is 4.49 Å². The summed E-state index contributed by atoms with van der Waals surface area (Å²) < 4.78 is 0.0895. The maximum absolute atomic E-state index is 4.96. The first-order valence-electron chi connectivity index (χ1n) is 2.88. The van der Waals surface area contributed by atoms with Gasteiger partial charge in [-0.15, -0.1) is 0 Å². The Morgan fingerprint density at radius 1 is 0.818 bits per heavy atom. The molecule has 0 fully saturated rings. The van der Waals surface area contributed by atoms with Crippen molar-refractivity contribution < 1.29 is 0 Å². The maximum Gasteiger partial charge on any atom is 0.118 e. The number of rotatable bonds is 0. The normalized spacial score (nSPS) is 7.55. The molecule has 0 amide bonds. The molecule has 0 aliphatic carbocycles. The molecule has 3 heteroatoms. The van der Waals surface area contributed by atoms with Gasteiger partial charge in [0.2, 0.25) is 0 Å². The first-order chi connectivity index (χ1) is 5.27. The van der Waals surface area contributed by atoms with Gasteiger partial charge in [0.05, 0.1) is 0 Å². The van der Waals surface area contributed by atoms with Crippen LogP contribution in [0.1, 0.15) is 0 Å². The van der Waals surface area contributed by atoms with E-state index in [0.717, 1.165) is 5.54 Å². The van der Waals surface area contributed by atoms with E-state index in [2.05, 4.69) is 0 Å². The number of hydrogen-bond acceptors (Lipinski definition) is 0. The summed E-state index contributed by atoms with van der Waals surface area (Å²) in [7, 11) is 0. The zero-order valence-electron chi connectivity index (χ0n) is 5.68. The minimum Gasteiger partial charge on any atom is -0.0904 e. The maximum atomic E-state index is 4.96. The molecule has 0 nitrogen and oxygen atoms in total. The molecule has 0 atom stereocenters. The lowest BCUT2D eigenvalue weighted by atomic mass is 10.4. The molecule has 0 unspecified atom stereocenters. The fourth-order valence-electron chi connectivity index (χ4n) is 0.385. The molecule has 60 valence electrons. The molecule has 0 spiro atoms. The van der Waals surface area contributed by atoms with Crippen molar-refractivity contribution in [2.24, 2.45) is 0 Å². The highest BCUT2D eigenvalue weighted by molar-refractivity contribution is 6.58. The summed E-state index contributed by atoms with van der Waals surface area (Å²) >= 11 is 14.8. The summed E-state index contributed by atoms with van der Waals surface area (Å²) in [6.07, 6.45) is 0. The summed E-state index contributed by atoms with van der Waals surface area (Å²) in [6, 6.07) is 12.0. The summed E-state index contributed by atoms with van der Waals surface area (Å²) in [4.78, 5) is 0. The molecule has 0 aliphatic heterocycles. The van der Waals surface area contributed by atoms with Crippen LogP contribution in [0.4, 0.5) is 0 Å². The van der Waals surface area contributed by atoms with Gasteiger partial charge in [0, 0.05) is 5.54 Å². The predicted molar refractivity (Wildman–Crippen MR) is 52.1 cm³/mol. The van der Waals surface area contributed by atoms with Crippen LogP contribution in [0.25, 0.3) is 0 Å². The van der Waals surface area contributed by atoms with Gasteiger partial charge in [-0.2, -0.15) is 0 Å². The molecule has 0 heterocycles. The molecule has 1 aromatic carbocycles. The second kappa shape index (κ2) is 7.93. The van der Waals surface area contributed by atoms with Crippen LogP contribution < -0.4 is 0 Å². The Balaban J connectivity index is 0.000000187. The summed E-state index contributed by atoms with van der Waals surface area (Å²) in [6.45, 7) is 0. The minimum absolute atomic E-state index is 0.0895. The molecule has 0 radical (unpaired) electrons. The SMILES string of the molecule is ClC=C(Cl)Cl.c1ccccc1. The van der Waals surface area contributed by atoms with Gasteiger partial charge in [-0.25, -0.2) is 0 Å². The Kier molecular flexibility index (Phi) is 7.81.